The third-order valence-electron chi connectivity index (χ3n) is 5.84. The van der Waals surface area contributed by atoms with E-state index in [4.69, 9.17) is 19.2 Å². The highest BCUT2D eigenvalue weighted by Crippen LogP contribution is 2.38. The van der Waals surface area contributed by atoms with Gasteiger partial charge in [-0.2, -0.15) is 0 Å². The SMILES string of the molecule is CC1(C)OB(C(=Cc2cc(F)c(C(=O)O)c(F)c2)CNC(=O)OCc2ccccc2)OC1(C)C. The van der Waals surface area contributed by atoms with E-state index in [9.17, 15) is 18.4 Å². The topological polar surface area (TPSA) is 94.1 Å². The molecule has 0 spiro atoms. The minimum absolute atomic E-state index is 0.0455. The Morgan fingerprint density at radius 2 is 1.62 bits per heavy atom. The van der Waals surface area contributed by atoms with Crippen LogP contribution in [0.1, 0.15) is 49.2 Å². The van der Waals surface area contributed by atoms with E-state index in [1.54, 1.807) is 0 Å². The number of nitrogens with one attached hydrogen (secondary N) is 1. The number of amides is 1. The van der Waals surface area contributed by atoms with Crippen molar-refractivity contribution >= 4 is 25.3 Å². The van der Waals surface area contributed by atoms with Gasteiger partial charge in [0.15, 0.2) is 0 Å². The number of alkyl carbamates (subject to hydrolysis) is 1. The molecule has 0 aliphatic carbocycles. The first-order chi connectivity index (χ1) is 15.9. The van der Waals surface area contributed by atoms with Crippen LogP contribution in [0.3, 0.4) is 0 Å². The molecule has 2 aromatic carbocycles. The first-order valence-electron chi connectivity index (χ1n) is 10.6. The van der Waals surface area contributed by atoms with E-state index < -0.39 is 47.6 Å². The Morgan fingerprint density at radius 3 is 2.15 bits per heavy atom. The summed E-state index contributed by atoms with van der Waals surface area (Å²) in [6, 6.07) is 10.9. The second kappa shape index (κ2) is 9.94. The van der Waals surface area contributed by atoms with Gasteiger partial charge in [-0.3, -0.25) is 0 Å². The average Bonchev–Trinajstić information content (AvgIpc) is 2.96. The van der Waals surface area contributed by atoms with Gasteiger partial charge < -0.3 is 24.5 Å². The molecule has 0 bridgehead atoms. The second-order valence-corrected chi connectivity index (χ2v) is 8.89. The Labute approximate surface area is 196 Å². The molecule has 0 atom stereocenters. The number of carboxylic acid groups (broad SMARTS) is 1. The van der Waals surface area contributed by atoms with Crippen molar-refractivity contribution < 1.29 is 37.5 Å². The Balaban J connectivity index is 1.82. The molecule has 0 saturated carbocycles. The zero-order valence-corrected chi connectivity index (χ0v) is 19.4. The number of aromatic carboxylic acids is 1. The standard InChI is InChI=1S/C24H26BF2NO6/c1-23(2)24(3,4)34-25(33-23)17(10-16-11-18(26)20(21(29)30)19(27)12-16)13-28-22(31)32-14-15-8-6-5-7-9-15/h5-12H,13-14H2,1-4H3,(H,28,31)(H,29,30). The van der Waals surface area contributed by atoms with Gasteiger partial charge in [-0.05, 0) is 56.4 Å². The van der Waals surface area contributed by atoms with Crippen LogP contribution in [0.5, 0.6) is 0 Å². The summed E-state index contributed by atoms with van der Waals surface area (Å²) >= 11 is 0. The molecule has 10 heteroatoms. The van der Waals surface area contributed by atoms with Crippen molar-refractivity contribution in [2.75, 3.05) is 6.54 Å². The van der Waals surface area contributed by atoms with E-state index in [-0.39, 0.29) is 18.7 Å². The van der Waals surface area contributed by atoms with Crippen LogP contribution in [0.15, 0.2) is 47.9 Å². The van der Waals surface area contributed by atoms with E-state index in [2.05, 4.69) is 5.32 Å². The number of benzene rings is 2. The summed E-state index contributed by atoms with van der Waals surface area (Å²) in [5, 5.41) is 11.6. The van der Waals surface area contributed by atoms with E-state index in [1.807, 2.05) is 58.0 Å². The van der Waals surface area contributed by atoms with Gasteiger partial charge in [0.1, 0.15) is 23.8 Å². The minimum atomic E-state index is -1.71. The summed E-state index contributed by atoms with van der Waals surface area (Å²) in [5.41, 5.74) is -1.23. The minimum Gasteiger partial charge on any atom is -0.477 e. The van der Waals surface area contributed by atoms with Crippen LogP contribution in [0, 0.1) is 11.6 Å². The number of halogens is 2. The maximum absolute atomic E-state index is 14.2. The van der Waals surface area contributed by atoms with Crippen molar-refractivity contribution in [2.24, 2.45) is 0 Å². The fourth-order valence-electron chi connectivity index (χ4n) is 3.24. The first-order valence-corrected chi connectivity index (χ1v) is 10.6. The zero-order valence-electron chi connectivity index (χ0n) is 19.4. The van der Waals surface area contributed by atoms with Crippen molar-refractivity contribution in [2.45, 2.75) is 45.5 Å². The lowest BCUT2D eigenvalue weighted by Crippen LogP contribution is -2.41. The zero-order chi connectivity index (χ0) is 25.1. The van der Waals surface area contributed by atoms with E-state index in [1.165, 1.54) is 6.08 Å². The molecule has 1 heterocycles. The van der Waals surface area contributed by atoms with E-state index in [0.29, 0.717) is 5.47 Å². The van der Waals surface area contributed by atoms with Crippen LogP contribution in [0.25, 0.3) is 6.08 Å². The number of carbonyl (C=O) groups excluding carboxylic acids is 1. The lowest BCUT2D eigenvalue weighted by atomic mass is 9.77. The molecule has 1 saturated heterocycles. The number of ether oxygens (including phenoxy) is 1. The van der Waals surface area contributed by atoms with Crippen LogP contribution < -0.4 is 5.32 Å². The van der Waals surface area contributed by atoms with Crippen LogP contribution in [0.4, 0.5) is 13.6 Å². The summed E-state index contributed by atoms with van der Waals surface area (Å²) < 4.78 is 45.7. The summed E-state index contributed by atoms with van der Waals surface area (Å²) in [6.07, 6.45) is 0.682. The van der Waals surface area contributed by atoms with Crippen molar-refractivity contribution in [3.8, 4) is 0 Å². The number of carbonyl (C=O) groups is 2. The molecule has 0 radical (unpaired) electrons. The van der Waals surface area contributed by atoms with Crippen molar-refractivity contribution in [3.63, 3.8) is 0 Å². The molecule has 2 aromatic rings. The third-order valence-corrected chi connectivity index (χ3v) is 5.84. The molecule has 7 nitrogen and oxygen atoms in total. The summed E-state index contributed by atoms with van der Waals surface area (Å²) in [7, 11) is -0.926. The van der Waals surface area contributed by atoms with Crippen LogP contribution in [0.2, 0.25) is 0 Å². The van der Waals surface area contributed by atoms with Gasteiger partial charge in [0.2, 0.25) is 0 Å². The second-order valence-electron chi connectivity index (χ2n) is 8.89. The summed E-state index contributed by atoms with van der Waals surface area (Å²) in [5.74, 6) is -4.15. The molecule has 1 fully saturated rings. The number of rotatable bonds is 7. The van der Waals surface area contributed by atoms with Gasteiger partial charge in [0, 0.05) is 6.54 Å². The maximum atomic E-state index is 14.2. The Bertz CT molecular complexity index is 1060. The highest BCUT2D eigenvalue weighted by molar-refractivity contribution is 6.56. The van der Waals surface area contributed by atoms with Crippen LogP contribution >= 0.6 is 0 Å². The number of carboxylic acids is 1. The lowest BCUT2D eigenvalue weighted by molar-refractivity contribution is 0.00578. The fourth-order valence-corrected chi connectivity index (χ4v) is 3.24. The van der Waals surface area contributed by atoms with Crippen LogP contribution in [-0.4, -0.2) is 42.0 Å². The molecule has 1 aliphatic heterocycles. The maximum Gasteiger partial charge on any atom is 0.492 e. The molecular weight excluding hydrogens is 447 g/mol. The monoisotopic (exact) mass is 473 g/mol. The van der Waals surface area contributed by atoms with Gasteiger partial charge >= 0.3 is 19.2 Å². The smallest absolute Gasteiger partial charge is 0.477 e. The predicted molar refractivity (Wildman–Crippen MR) is 122 cm³/mol. The third kappa shape index (κ3) is 5.81. The molecule has 34 heavy (non-hydrogen) atoms. The molecule has 180 valence electrons. The highest BCUT2D eigenvalue weighted by atomic mass is 19.1. The molecule has 0 unspecified atom stereocenters. The largest absolute Gasteiger partial charge is 0.492 e. The fraction of sp³-hybridized carbons (Fsp3) is 0.333. The Morgan fingerprint density at radius 1 is 1.06 bits per heavy atom. The Kier molecular flexibility index (Phi) is 7.43. The summed E-state index contributed by atoms with van der Waals surface area (Å²) in [6.45, 7) is 7.32. The number of hydrogen-bond donors (Lipinski definition) is 2. The van der Waals surface area contributed by atoms with Gasteiger partial charge in [-0.15, -0.1) is 0 Å². The molecule has 2 N–H and O–H groups in total. The molecule has 0 aromatic heterocycles. The van der Waals surface area contributed by atoms with Crippen molar-refractivity contribution in [1.29, 1.82) is 0 Å². The van der Waals surface area contributed by atoms with Crippen LogP contribution in [-0.2, 0) is 20.7 Å². The highest BCUT2D eigenvalue weighted by Gasteiger charge is 2.52. The van der Waals surface area contributed by atoms with Crippen molar-refractivity contribution in [3.05, 3.63) is 76.3 Å². The number of hydrogen-bond acceptors (Lipinski definition) is 5. The Hall–Kier alpha value is -3.24. The predicted octanol–water partition coefficient (Wildman–Crippen LogP) is 4.60. The van der Waals surface area contributed by atoms with Gasteiger partial charge in [0.05, 0.1) is 11.2 Å². The molecule has 1 amide bonds. The first kappa shape index (κ1) is 25.4. The molecular formula is C24H26BF2NO6. The quantitative estimate of drug-likeness (QED) is 0.571. The normalized spacial score (nSPS) is 16.9. The van der Waals surface area contributed by atoms with Gasteiger partial charge in [-0.1, -0.05) is 36.4 Å². The van der Waals surface area contributed by atoms with Crippen molar-refractivity contribution in [1.82, 2.24) is 5.32 Å². The van der Waals surface area contributed by atoms with Gasteiger partial charge in [-0.25, -0.2) is 18.4 Å². The summed E-state index contributed by atoms with van der Waals surface area (Å²) in [4.78, 5) is 23.3. The average molecular weight is 473 g/mol. The molecule has 3 rings (SSSR count). The van der Waals surface area contributed by atoms with Gasteiger partial charge in [0.25, 0.3) is 0 Å². The van der Waals surface area contributed by atoms with E-state index >= 15 is 0 Å². The lowest BCUT2D eigenvalue weighted by Gasteiger charge is -2.32. The molecule has 1 aliphatic rings. The van der Waals surface area contributed by atoms with E-state index in [0.717, 1.165) is 17.7 Å².